The van der Waals surface area contributed by atoms with Gasteiger partial charge in [0.1, 0.15) is 6.33 Å². The van der Waals surface area contributed by atoms with Gasteiger partial charge in [0.05, 0.1) is 12.1 Å². The van der Waals surface area contributed by atoms with Gasteiger partial charge >= 0.3 is 10.2 Å². The van der Waals surface area contributed by atoms with E-state index in [0.29, 0.717) is 26.1 Å². The highest BCUT2D eigenvalue weighted by Crippen LogP contribution is 2.38. The zero-order valence-corrected chi connectivity index (χ0v) is 18.9. The fourth-order valence-electron chi connectivity index (χ4n) is 5.05. The quantitative estimate of drug-likeness (QED) is 0.519. The Balaban J connectivity index is 1.48. The van der Waals surface area contributed by atoms with Crippen molar-refractivity contribution in [3.8, 4) is 0 Å². The molecule has 1 fully saturated rings. The second-order valence-corrected chi connectivity index (χ2v) is 10.1. The number of nitrogens with zero attached hydrogens (tertiary/aromatic N) is 5. The summed E-state index contributed by atoms with van der Waals surface area (Å²) in [5.41, 5.74) is 5.53. The van der Waals surface area contributed by atoms with Gasteiger partial charge < -0.3 is 15.2 Å². The number of anilines is 2. The number of nitrogens with one attached hydrogen (secondary N) is 1. The molecule has 172 valence electrons. The van der Waals surface area contributed by atoms with E-state index < -0.39 is 22.3 Å². The van der Waals surface area contributed by atoms with Gasteiger partial charge in [-0.25, -0.2) is 4.31 Å². The summed E-state index contributed by atoms with van der Waals surface area (Å²) in [6, 6.07) is 0.957. The molecule has 0 spiro atoms. The zero-order chi connectivity index (χ0) is 22.3. The van der Waals surface area contributed by atoms with E-state index in [4.69, 9.17) is 4.74 Å². The summed E-state index contributed by atoms with van der Waals surface area (Å²) >= 11 is 0. The van der Waals surface area contributed by atoms with Crippen molar-refractivity contribution in [2.45, 2.75) is 57.4 Å². The number of amidine groups is 1. The first-order valence-corrected chi connectivity index (χ1v) is 12.5. The Morgan fingerprint density at radius 1 is 1.19 bits per heavy atom. The highest BCUT2D eigenvalue weighted by atomic mass is 32.2. The first kappa shape index (κ1) is 21.2. The molecule has 32 heavy (non-hydrogen) atoms. The number of benzene rings is 1. The summed E-state index contributed by atoms with van der Waals surface area (Å²) in [5, 5.41) is 19.9. The van der Waals surface area contributed by atoms with E-state index in [0.717, 1.165) is 59.6 Å². The van der Waals surface area contributed by atoms with Crippen molar-refractivity contribution in [1.82, 2.24) is 14.8 Å². The Hall–Kier alpha value is -2.66. The molecule has 11 heteroatoms. The molecule has 0 amide bonds. The van der Waals surface area contributed by atoms with E-state index in [-0.39, 0.29) is 5.95 Å². The second-order valence-electron chi connectivity index (χ2n) is 8.59. The Morgan fingerprint density at radius 2 is 1.84 bits per heavy atom. The molecule has 2 aliphatic carbocycles. The van der Waals surface area contributed by atoms with Crippen LogP contribution in [0.2, 0.25) is 0 Å². The van der Waals surface area contributed by atoms with Crippen molar-refractivity contribution >= 4 is 27.9 Å². The molecule has 0 bridgehead atoms. The van der Waals surface area contributed by atoms with Gasteiger partial charge in [-0.05, 0) is 73.6 Å². The summed E-state index contributed by atoms with van der Waals surface area (Å²) in [4.78, 5) is 4.11. The monoisotopic (exact) mass is 459 g/mol. The SMILES string of the molecule is Cn1cnc(N(C2CCOCC2)S(=O)(=O)/N=C(\[O-])Nc2c3c(cc4c2CCC4)CCC3)n1. The molecule has 3 aliphatic rings. The largest absolute Gasteiger partial charge is 0.845 e. The van der Waals surface area contributed by atoms with Crippen molar-refractivity contribution < 1.29 is 18.3 Å². The predicted octanol–water partition coefficient (Wildman–Crippen LogP) is 0.851. The molecular weight excluding hydrogens is 432 g/mol. The average molecular weight is 460 g/mol. The molecule has 1 N–H and O–H groups in total. The van der Waals surface area contributed by atoms with Crippen LogP contribution in [0.1, 0.15) is 47.9 Å². The number of aromatic nitrogens is 3. The van der Waals surface area contributed by atoms with Gasteiger partial charge in [0.2, 0.25) is 0 Å². The molecule has 2 aromatic rings. The Morgan fingerprint density at radius 3 is 2.44 bits per heavy atom. The Bertz CT molecular complexity index is 1120. The van der Waals surface area contributed by atoms with E-state index >= 15 is 0 Å². The molecule has 0 atom stereocenters. The lowest BCUT2D eigenvalue weighted by molar-refractivity contribution is -0.213. The van der Waals surface area contributed by atoms with Gasteiger partial charge in [-0.3, -0.25) is 4.68 Å². The molecule has 1 saturated heterocycles. The maximum absolute atomic E-state index is 13.3. The van der Waals surface area contributed by atoms with Crippen molar-refractivity contribution in [2.75, 3.05) is 22.8 Å². The lowest BCUT2D eigenvalue weighted by Gasteiger charge is -2.31. The van der Waals surface area contributed by atoms with Crippen LogP contribution >= 0.6 is 0 Å². The summed E-state index contributed by atoms with van der Waals surface area (Å²) in [5.74, 6) is 0.0115. The van der Waals surface area contributed by atoms with E-state index in [1.54, 1.807) is 7.05 Å². The first-order valence-electron chi connectivity index (χ1n) is 11.1. The lowest BCUT2D eigenvalue weighted by atomic mass is 9.99. The minimum Gasteiger partial charge on any atom is -0.845 e. The first-order chi connectivity index (χ1) is 15.4. The van der Waals surface area contributed by atoms with Crippen LogP contribution in [-0.4, -0.2) is 48.5 Å². The van der Waals surface area contributed by atoms with Crippen LogP contribution in [0, 0.1) is 0 Å². The minimum absolute atomic E-state index is 0.0115. The normalized spacial score (nSPS) is 19.1. The van der Waals surface area contributed by atoms with Gasteiger partial charge in [-0.15, -0.1) is 9.50 Å². The molecule has 2 heterocycles. The molecule has 1 aromatic heterocycles. The van der Waals surface area contributed by atoms with E-state index in [1.165, 1.54) is 22.1 Å². The predicted molar refractivity (Wildman–Crippen MR) is 118 cm³/mol. The van der Waals surface area contributed by atoms with Crippen LogP contribution in [0.3, 0.4) is 0 Å². The molecule has 5 rings (SSSR count). The number of rotatable bonds is 5. The van der Waals surface area contributed by atoms with Crippen LogP contribution in [0.25, 0.3) is 0 Å². The van der Waals surface area contributed by atoms with E-state index in [2.05, 4.69) is 25.9 Å². The number of hydrogen-bond donors (Lipinski definition) is 1. The van der Waals surface area contributed by atoms with Gasteiger partial charge in [0.15, 0.2) is 0 Å². The standard InChI is InChI=1S/C21H28N6O4S/c1-26-13-22-20(24-26)27(16-8-10-31-11-9-16)32(29,30)25-21(28)23-19-17-6-2-4-14(17)12-15-5-3-7-18(15)19/h12-13,16H,2-11H2,1H3,(H2,23,25,28)/p-1. The number of fused-ring (bicyclic) bond motifs is 2. The third-order valence-corrected chi connectivity index (χ3v) is 7.81. The van der Waals surface area contributed by atoms with Crippen LogP contribution in [0.15, 0.2) is 16.8 Å². The third-order valence-electron chi connectivity index (χ3n) is 6.46. The fourth-order valence-corrected chi connectivity index (χ4v) is 6.27. The summed E-state index contributed by atoms with van der Waals surface area (Å²) < 4.78 is 38.0. The minimum atomic E-state index is -4.36. The van der Waals surface area contributed by atoms with Gasteiger partial charge in [0, 0.05) is 25.9 Å². The summed E-state index contributed by atoms with van der Waals surface area (Å²) in [7, 11) is -2.70. The number of ether oxygens (including phenoxy) is 1. The molecule has 0 radical (unpaired) electrons. The number of hydrogen-bond acceptors (Lipinski definition) is 6. The third kappa shape index (κ3) is 3.95. The zero-order valence-electron chi connectivity index (χ0n) is 18.1. The molecule has 0 saturated carbocycles. The lowest BCUT2D eigenvalue weighted by Crippen LogP contribution is -2.44. The highest BCUT2D eigenvalue weighted by Gasteiger charge is 2.34. The van der Waals surface area contributed by atoms with Crippen LogP contribution in [-0.2, 0) is 47.7 Å². The summed E-state index contributed by atoms with van der Waals surface area (Å²) in [6.45, 7) is 0.857. The molecule has 1 aromatic carbocycles. The Kier molecular flexibility index (Phi) is 5.54. The second kappa shape index (κ2) is 8.36. The van der Waals surface area contributed by atoms with Crippen LogP contribution in [0.5, 0.6) is 0 Å². The van der Waals surface area contributed by atoms with Crippen LogP contribution < -0.4 is 14.7 Å². The number of aryl methyl sites for hydroxylation is 3. The van der Waals surface area contributed by atoms with Crippen molar-refractivity contribution in [3.05, 3.63) is 34.6 Å². The molecular formula is C21H27N6O4S-. The van der Waals surface area contributed by atoms with E-state index in [9.17, 15) is 13.5 Å². The maximum atomic E-state index is 13.3. The molecule has 0 unspecified atom stereocenters. The Labute approximate surface area is 187 Å². The fraction of sp³-hybridized carbons (Fsp3) is 0.571. The van der Waals surface area contributed by atoms with Gasteiger partial charge in [-0.2, -0.15) is 13.4 Å². The topological polar surface area (TPSA) is 125 Å². The van der Waals surface area contributed by atoms with Crippen molar-refractivity contribution in [3.63, 3.8) is 0 Å². The van der Waals surface area contributed by atoms with Crippen LogP contribution in [0.4, 0.5) is 11.6 Å². The molecule has 1 aliphatic heterocycles. The molecule has 10 nitrogen and oxygen atoms in total. The van der Waals surface area contributed by atoms with Gasteiger partial charge in [0.25, 0.3) is 5.95 Å². The highest BCUT2D eigenvalue weighted by molar-refractivity contribution is 7.91. The maximum Gasteiger partial charge on any atom is 0.348 e. The smallest absolute Gasteiger partial charge is 0.348 e. The van der Waals surface area contributed by atoms with Gasteiger partial charge in [-0.1, -0.05) is 6.07 Å². The summed E-state index contributed by atoms with van der Waals surface area (Å²) in [6.07, 6.45) is 8.22. The van der Waals surface area contributed by atoms with E-state index in [1.807, 2.05) is 0 Å². The van der Waals surface area contributed by atoms with Crippen molar-refractivity contribution in [1.29, 1.82) is 0 Å². The average Bonchev–Trinajstić information content (AvgIpc) is 3.49. The van der Waals surface area contributed by atoms with Crippen molar-refractivity contribution in [2.24, 2.45) is 11.4 Å².